The van der Waals surface area contributed by atoms with Crippen molar-refractivity contribution in [1.82, 2.24) is 25.2 Å². The molecule has 4 rings (SSSR count). The highest BCUT2D eigenvalue weighted by atomic mass is 16.5. The Morgan fingerprint density at radius 2 is 2.15 bits per heavy atom. The summed E-state index contributed by atoms with van der Waals surface area (Å²) in [7, 11) is 1.64. The molecule has 0 spiro atoms. The maximum Gasteiger partial charge on any atom is 0.227 e. The van der Waals surface area contributed by atoms with Crippen LogP contribution in [-0.2, 0) is 22.6 Å². The average molecular weight is 359 g/mol. The topological polar surface area (TPSA) is 97.1 Å². The Labute approximate surface area is 152 Å². The van der Waals surface area contributed by atoms with E-state index >= 15 is 0 Å². The van der Waals surface area contributed by atoms with Gasteiger partial charge in [-0.15, -0.1) is 0 Å². The molecule has 0 radical (unpaired) electrons. The number of hydrogen-bond acceptors (Lipinski definition) is 6. The molecule has 3 heterocycles. The smallest absolute Gasteiger partial charge is 0.227 e. The molecule has 2 atom stereocenters. The van der Waals surface area contributed by atoms with Crippen molar-refractivity contribution in [2.45, 2.75) is 45.6 Å². The van der Waals surface area contributed by atoms with E-state index in [1.54, 1.807) is 7.11 Å². The summed E-state index contributed by atoms with van der Waals surface area (Å²) in [6.07, 6.45) is 2.82. The number of nitrogens with one attached hydrogen (secondary N) is 1. The summed E-state index contributed by atoms with van der Waals surface area (Å²) in [4.78, 5) is 19.4. The van der Waals surface area contributed by atoms with E-state index in [1.165, 1.54) is 12.8 Å². The number of aromatic nitrogens is 4. The molecule has 2 aromatic heterocycles. The average Bonchev–Trinajstić information content (AvgIpc) is 3.06. The van der Waals surface area contributed by atoms with Crippen molar-refractivity contribution >= 4 is 5.91 Å². The molecular formula is C18H25N5O3. The van der Waals surface area contributed by atoms with Crippen molar-refractivity contribution in [3.63, 3.8) is 0 Å². The second-order valence-electron chi connectivity index (χ2n) is 7.46. The van der Waals surface area contributed by atoms with Crippen LogP contribution >= 0.6 is 0 Å². The second-order valence-corrected chi connectivity index (χ2v) is 7.46. The van der Waals surface area contributed by atoms with Gasteiger partial charge in [0, 0.05) is 31.7 Å². The zero-order valence-electron chi connectivity index (χ0n) is 15.5. The zero-order chi connectivity index (χ0) is 18.3. The standard InChI is InChI=1S/C18H25N5O3/c1-10-13(11(2)26-22-10)6-17(24)23-7-14(12-4-5-12)15(8-23)18-19-16(9-25-3)20-21-18/h12,14-15H,4-9H2,1-3H3,(H,19,20,21)/t14-,15+/m1/s1. The van der Waals surface area contributed by atoms with Gasteiger partial charge in [-0.25, -0.2) is 4.98 Å². The van der Waals surface area contributed by atoms with Gasteiger partial charge in [-0.2, -0.15) is 5.10 Å². The lowest BCUT2D eigenvalue weighted by molar-refractivity contribution is -0.129. The molecule has 1 saturated heterocycles. The van der Waals surface area contributed by atoms with Crippen LogP contribution in [0.1, 0.15) is 47.4 Å². The van der Waals surface area contributed by atoms with Gasteiger partial charge in [0.15, 0.2) is 11.6 Å². The van der Waals surface area contributed by atoms with Crippen LogP contribution in [0.25, 0.3) is 0 Å². The summed E-state index contributed by atoms with van der Waals surface area (Å²) in [5, 5.41) is 11.3. The van der Waals surface area contributed by atoms with Gasteiger partial charge in [0.05, 0.1) is 12.1 Å². The normalized spacial score (nSPS) is 23.0. The number of aromatic amines is 1. The Morgan fingerprint density at radius 3 is 2.81 bits per heavy atom. The number of aryl methyl sites for hydroxylation is 2. The predicted molar refractivity (Wildman–Crippen MR) is 92.3 cm³/mol. The molecular weight excluding hydrogens is 334 g/mol. The third-order valence-corrected chi connectivity index (χ3v) is 5.62. The van der Waals surface area contributed by atoms with Gasteiger partial charge >= 0.3 is 0 Å². The van der Waals surface area contributed by atoms with E-state index in [4.69, 9.17) is 9.26 Å². The molecule has 140 valence electrons. The number of rotatable bonds is 6. The minimum atomic E-state index is 0.125. The molecule has 1 aliphatic heterocycles. The molecule has 8 nitrogen and oxygen atoms in total. The van der Waals surface area contributed by atoms with E-state index in [0.29, 0.717) is 31.4 Å². The molecule has 2 fully saturated rings. The molecule has 1 aliphatic carbocycles. The maximum absolute atomic E-state index is 12.9. The minimum absolute atomic E-state index is 0.125. The highest BCUT2D eigenvalue weighted by molar-refractivity contribution is 5.79. The van der Waals surface area contributed by atoms with Crippen molar-refractivity contribution in [2.24, 2.45) is 11.8 Å². The number of likely N-dealkylation sites (tertiary alicyclic amines) is 1. The van der Waals surface area contributed by atoms with Crippen molar-refractivity contribution in [1.29, 1.82) is 0 Å². The number of methoxy groups -OCH3 is 1. The van der Waals surface area contributed by atoms with Gasteiger partial charge in [-0.3, -0.25) is 9.89 Å². The van der Waals surface area contributed by atoms with Crippen LogP contribution in [0.4, 0.5) is 0 Å². The monoisotopic (exact) mass is 359 g/mol. The van der Waals surface area contributed by atoms with Gasteiger partial charge in [0.2, 0.25) is 5.91 Å². The van der Waals surface area contributed by atoms with Gasteiger partial charge < -0.3 is 14.2 Å². The van der Waals surface area contributed by atoms with E-state index < -0.39 is 0 Å². The van der Waals surface area contributed by atoms with Crippen LogP contribution in [0.15, 0.2) is 4.52 Å². The maximum atomic E-state index is 12.9. The lowest BCUT2D eigenvalue weighted by Crippen LogP contribution is -2.30. The molecule has 0 bridgehead atoms. The summed E-state index contributed by atoms with van der Waals surface area (Å²) in [5.74, 6) is 3.71. The first-order valence-electron chi connectivity index (χ1n) is 9.16. The summed E-state index contributed by atoms with van der Waals surface area (Å²) < 4.78 is 10.3. The van der Waals surface area contributed by atoms with E-state index in [2.05, 4.69) is 20.3 Å². The van der Waals surface area contributed by atoms with Crippen molar-refractivity contribution in [3.8, 4) is 0 Å². The molecule has 2 aliphatic rings. The van der Waals surface area contributed by atoms with Crippen LogP contribution in [0.3, 0.4) is 0 Å². The first-order valence-corrected chi connectivity index (χ1v) is 9.16. The Kier molecular flexibility index (Phi) is 4.52. The van der Waals surface area contributed by atoms with E-state index in [-0.39, 0.29) is 11.8 Å². The number of amides is 1. The van der Waals surface area contributed by atoms with Crippen LogP contribution in [0, 0.1) is 25.7 Å². The van der Waals surface area contributed by atoms with Gasteiger partial charge in [-0.1, -0.05) is 5.16 Å². The van der Waals surface area contributed by atoms with Crippen molar-refractivity contribution in [3.05, 3.63) is 28.7 Å². The Bertz CT molecular complexity index is 775. The summed E-state index contributed by atoms with van der Waals surface area (Å²) in [5.41, 5.74) is 1.70. The van der Waals surface area contributed by atoms with Gasteiger partial charge in [-0.05, 0) is 38.5 Å². The molecule has 1 N–H and O–H groups in total. The molecule has 0 aromatic carbocycles. The summed E-state index contributed by atoms with van der Waals surface area (Å²) >= 11 is 0. The SMILES string of the molecule is COCc1nc([C@H]2CN(C(=O)Cc3c(C)noc3C)C[C@@H]2C2CC2)n[nH]1. The number of hydrogen-bond donors (Lipinski definition) is 1. The van der Waals surface area contributed by atoms with E-state index in [1.807, 2.05) is 18.7 Å². The van der Waals surface area contributed by atoms with Crippen molar-refractivity contribution in [2.75, 3.05) is 20.2 Å². The first kappa shape index (κ1) is 17.2. The third kappa shape index (κ3) is 3.25. The Hall–Kier alpha value is -2.22. The van der Waals surface area contributed by atoms with Gasteiger partial charge in [0.1, 0.15) is 12.4 Å². The predicted octanol–water partition coefficient (Wildman–Crippen LogP) is 1.75. The fourth-order valence-corrected chi connectivity index (χ4v) is 4.00. The highest BCUT2D eigenvalue weighted by Crippen LogP contribution is 2.47. The summed E-state index contributed by atoms with van der Waals surface area (Å²) in [6.45, 7) is 5.61. The highest BCUT2D eigenvalue weighted by Gasteiger charge is 2.45. The first-order chi connectivity index (χ1) is 12.6. The number of H-pyrrole nitrogens is 1. The molecule has 8 heteroatoms. The van der Waals surface area contributed by atoms with Crippen molar-refractivity contribution < 1.29 is 14.1 Å². The largest absolute Gasteiger partial charge is 0.377 e. The molecule has 1 amide bonds. The Morgan fingerprint density at radius 1 is 1.35 bits per heavy atom. The quantitative estimate of drug-likeness (QED) is 0.844. The fourth-order valence-electron chi connectivity index (χ4n) is 4.00. The number of nitrogens with zero attached hydrogens (tertiary/aromatic N) is 4. The molecule has 0 unspecified atom stereocenters. The Balaban J connectivity index is 1.49. The van der Waals surface area contributed by atoms with E-state index in [0.717, 1.165) is 35.2 Å². The number of ether oxygens (including phenoxy) is 1. The van der Waals surface area contributed by atoms with Gasteiger partial charge in [0.25, 0.3) is 0 Å². The second kappa shape index (κ2) is 6.83. The lowest BCUT2D eigenvalue weighted by atomic mass is 9.91. The van der Waals surface area contributed by atoms with Crippen LogP contribution in [-0.4, -0.2) is 51.3 Å². The summed E-state index contributed by atoms with van der Waals surface area (Å²) in [6, 6.07) is 0. The number of carbonyl (C=O) groups excluding carboxylic acids is 1. The van der Waals surface area contributed by atoms with Crippen LogP contribution in [0.2, 0.25) is 0 Å². The molecule has 2 aromatic rings. The van der Waals surface area contributed by atoms with E-state index in [9.17, 15) is 4.79 Å². The molecule has 26 heavy (non-hydrogen) atoms. The minimum Gasteiger partial charge on any atom is -0.377 e. The third-order valence-electron chi connectivity index (χ3n) is 5.62. The molecule has 1 saturated carbocycles. The zero-order valence-corrected chi connectivity index (χ0v) is 15.5. The number of carbonyl (C=O) groups is 1. The lowest BCUT2D eigenvalue weighted by Gasteiger charge is -2.16. The fraction of sp³-hybridized carbons (Fsp3) is 0.667. The van der Waals surface area contributed by atoms with Crippen LogP contribution < -0.4 is 0 Å². The van der Waals surface area contributed by atoms with Crippen LogP contribution in [0.5, 0.6) is 0 Å².